The van der Waals surface area contributed by atoms with Gasteiger partial charge in [-0.05, 0) is 62.6 Å². The second-order valence-corrected chi connectivity index (χ2v) is 9.50. The molecule has 1 heterocycles. The van der Waals surface area contributed by atoms with Crippen LogP contribution < -0.4 is 0 Å². The molecule has 2 aromatic rings. The molecule has 0 bridgehead atoms. The lowest BCUT2D eigenvalue weighted by Crippen LogP contribution is -2.51. The molecule has 0 N–H and O–H groups in total. The van der Waals surface area contributed by atoms with E-state index in [-0.39, 0.29) is 0 Å². The lowest BCUT2D eigenvalue weighted by Gasteiger charge is -2.42. The fourth-order valence-corrected chi connectivity index (χ4v) is 5.25. The van der Waals surface area contributed by atoms with Crippen LogP contribution in [0.25, 0.3) is 0 Å². The van der Waals surface area contributed by atoms with Crippen LogP contribution in [0.5, 0.6) is 0 Å². The number of sulfonamides is 1. The summed E-state index contributed by atoms with van der Waals surface area (Å²) in [6.45, 7) is 6.33. The fourth-order valence-electron chi connectivity index (χ4n) is 3.08. The molecule has 0 radical (unpaired) electrons. The van der Waals surface area contributed by atoms with Gasteiger partial charge in [-0.1, -0.05) is 39.7 Å². The van der Waals surface area contributed by atoms with Crippen molar-refractivity contribution in [2.75, 3.05) is 0 Å². The number of aryl methyl sites for hydroxylation is 1. The maximum Gasteiger partial charge on any atom is 0.243 e. The summed E-state index contributed by atoms with van der Waals surface area (Å²) in [5.74, 6) is 0. The number of halogens is 1. The maximum atomic E-state index is 13.1. The van der Waals surface area contributed by atoms with Crippen molar-refractivity contribution >= 4 is 26.0 Å². The summed E-state index contributed by atoms with van der Waals surface area (Å²) < 4.78 is 28.8. The highest BCUT2D eigenvalue weighted by molar-refractivity contribution is 9.10. The molecule has 0 fully saturated rings. The topological polar surface area (TPSA) is 37.4 Å². The normalized spacial score (nSPS) is 17.7. The Kier molecular flexibility index (Phi) is 4.15. The van der Waals surface area contributed by atoms with Crippen LogP contribution >= 0.6 is 15.9 Å². The zero-order chi connectivity index (χ0) is 16.8. The predicted molar refractivity (Wildman–Crippen MR) is 95.8 cm³/mol. The maximum absolute atomic E-state index is 13.1. The number of benzene rings is 2. The van der Waals surface area contributed by atoms with E-state index in [0.717, 1.165) is 15.6 Å². The molecule has 122 valence electrons. The van der Waals surface area contributed by atoms with Gasteiger partial charge in [0.2, 0.25) is 10.0 Å². The van der Waals surface area contributed by atoms with E-state index in [1.165, 1.54) is 5.56 Å². The Morgan fingerprint density at radius 2 is 1.70 bits per heavy atom. The fraction of sp³-hybridized carbons (Fsp3) is 0.333. The molecule has 23 heavy (non-hydrogen) atoms. The first kappa shape index (κ1) is 16.7. The van der Waals surface area contributed by atoms with Crippen LogP contribution in [-0.4, -0.2) is 18.3 Å². The number of hydrogen-bond donors (Lipinski definition) is 0. The Labute approximate surface area is 146 Å². The van der Waals surface area contributed by atoms with Crippen molar-refractivity contribution in [1.82, 2.24) is 4.31 Å². The van der Waals surface area contributed by atoms with Crippen LogP contribution in [0.1, 0.15) is 30.5 Å². The lowest BCUT2D eigenvalue weighted by molar-refractivity contribution is 0.202. The van der Waals surface area contributed by atoms with Crippen molar-refractivity contribution < 1.29 is 8.42 Å². The Bertz CT molecular complexity index is 842. The molecule has 0 atom stereocenters. The van der Waals surface area contributed by atoms with E-state index in [0.29, 0.717) is 17.9 Å². The molecule has 0 unspecified atom stereocenters. The molecular weight excluding hydrogens is 374 g/mol. The van der Waals surface area contributed by atoms with Crippen LogP contribution in [0.3, 0.4) is 0 Å². The number of hydrogen-bond acceptors (Lipinski definition) is 2. The van der Waals surface area contributed by atoms with Gasteiger partial charge >= 0.3 is 0 Å². The van der Waals surface area contributed by atoms with E-state index < -0.39 is 15.6 Å². The van der Waals surface area contributed by atoms with Gasteiger partial charge in [0, 0.05) is 16.6 Å². The molecule has 2 aromatic carbocycles. The van der Waals surface area contributed by atoms with E-state index in [4.69, 9.17) is 0 Å². The predicted octanol–water partition coefficient (Wildman–Crippen LogP) is 4.28. The summed E-state index contributed by atoms with van der Waals surface area (Å²) in [7, 11) is -3.52. The summed E-state index contributed by atoms with van der Waals surface area (Å²) >= 11 is 3.47. The Balaban J connectivity index is 2.06. The molecule has 0 aliphatic carbocycles. The zero-order valence-corrected chi connectivity index (χ0v) is 15.9. The minimum Gasteiger partial charge on any atom is -0.207 e. The van der Waals surface area contributed by atoms with E-state index in [9.17, 15) is 8.42 Å². The smallest absolute Gasteiger partial charge is 0.207 e. The number of fused-ring (bicyclic) bond motifs is 1. The molecule has 0 spiro atoms. The van der Waals surface area contributed by atoms with Gasteiger partial charge in [-0.2, -0.15) is 4.31 Å². The average Bonchev–Trinajstić information content (AvgIpc) is 2.47. The van der Waals surface area contributed by atoms with Crippen LogP contribution in [-0.2, 0) is 23.0 Å². The van der Waals surface area contributed by atoms with Crippen LogP contribution in [0.15, 0.2) is 51.8 Å². The molecule has 3 nitrogen and oxygen atoms in total. The summed E-state index contributed by atoms with van der Waals surface area (Å²) in [6, 6.07) is 13.2. The van der Waals surface area contributed by atoms with Gasteiger partial charge in [0.1, 0.15) is 0 Å². The summed E-state index contributed by atoms with van der Waals surface area (Å²) in [4.78, 5) is 0.356. The molecule has 0 saturated carbocycles. The second kappa shape index (κ2) is 5.72. The standard InChI is InChI=1S/C18H20BrNO2S/c1-13-4-8-17(9-5-13)23(21,22)20-12-15-10-16(19)7-6-14(15)11-18(20,2)3/h4-10H,11-12H2,1-3H3. The van der Waals surface area contributed by atoms with Gasteiger partial charge in [-0.3, -0.25) is 0 Å². The number of rotatable bonds is 2. The van der Waals surface area contributed by atoms with Crippen molar-refractivity contribution in [3.63, 3.8) is 0 Å². The molecular formula is C18H20BrNO2S. The van der Waals surface area contributed by atoms with Crippen LogP contribution in [0.2, 0.25) is 0 Å². The van der Waals surface area contributed by atoms with Crippen LogP contribution in [0.4, 0.5) is 0 Å². The Morgan fingerprint density at radius 1 is 1.04 bits per heavy atom. The first-order chi connectivity index (χ1) is 10.7. The highest BCUT2D eigenvalue weighted by atomic mass is 79.9. The van der Waals surface area contributed by atoms with Gasteiger partial charge in [0.05, 0.1) is 4.90 Å². The molecule has 0 saturated heterocycles. The first-order valence-corrected chi connectivity index (χ1v) is 9.80. The SMILES string of the molecule is Cc1ccc(S(=O)(=O)N2Cc3cc(Br)ccc3CC2(C)C)cc1. The van der Waals surface area contributed by atoms with Gasteiger partial charge < -0.3 is 0 Å². The van der Waals surface area contributed by atoms with Crippen molar-refractivity contribution in [3.05, 3.63) is 63.6 Å². The van der Waals surface area contributed by atoms with E-state index in [1.54, 1.807) is 16.4 Å². The quantitative estimate of drug-likeness (QED) is 0.763. The average molecular weight is 394 g/mol. The molecule has 0 aromatic heterocycles. The van der Waals surface area contributed by atoms with Crippen molar-refractivity contribution in [1.29, 1.82) is 0 Å². The van der Waals surface area contributed by atoms with E-state index in [2.05, 4.69) is 22.0 Å². The Hall–Kier alpha value is -1.17. The monoisotopic (exact) mass is 393 g/mol. The van der Waals surface area contributed by atoms with Crippen LogP contribution in [0, 0.1) is 6.92 Å². The minimum absolute atomic E-state index is 0.356. The largest absolute Gasteiger partial charge is 0.243 e. The number of nitrogens with zero attached hydrogens (tertiary/aromatic N) is 1. The van der Waals surface area contributed by atoms with E-state index in [1.807, 2.05) is 45.0 Å². The van der Waals surface area contributed by atoms with Gasteiger partial charge in [-0.25, -0.2) is 8.42 Å². The third-order valence-corrected chi connectivity index (χ3v) is 6.95. The summed E-state index contributed by atoms with van der Waals surface area (Å²) in [6.07, 6.45) is 0.709. The zero-order valence-electron chi connectivity index (χ0n) is 13.5. The molecule has 3 rings (SSSR count). The molecule has 1 aliphatic rings. The molecule has 1 aliphatic heterocycles. The van der Waals surface area contributed by atoms with Crippen molar-refractivity contribution in [3.8, 4) is 0 Å². The summed E-state index contributed by atoms with van der Waals surface area (Å²) in [5, 5.41) is 0. The highest BCUT2D eigenvalue weighted by Crippen LogP contribution is 2.36. The van der Waals surface area contributed by atoms with Gasteiger partial charge in [0.25, 0.3) is 0 Å². The van der Waals surface area contributed by atoms with Gasteiger partial charge in [-0.15, -0.1) is 0 Å². The third kappa shape index (κ3) is 3.10. The summed E-state index contributed by atoms with van der Waals surface area (Å²) in [5.41, 5.74) is 2.88. The van der Waals surface area contributed by atoms with Crippen molar-refractivity contribution in [2.24, 2.45) is 0 Å². The van der Waals surface area contributed by atoms with Crippen molar-refractivity contribution in [2.45, 2.75) is 44.2 Å². The Morgan fingerprint density at radius 3 is 2.35 bits per heavy atom. The third-order valence-electron chi connectivity index (χ3n) is 4.39. The second-order valence-electron chi connectivity index (χ2n) is 6.73. The van der Waals surface area contributed by atoms with E-state index >= 15 is 0 Å². The molecule has 5 heteroatoms. The molecule has 0 amide bonds. The first-order valence-electron chi connectivity index (χ1n) is 7.57. The minimum atomic E-state index is -3.52. The highest BCUT2D eigenvalue weighted by Gasteiger charge is 2.40. The lowest BCUT2D eigenvalue weighted by atomic mass is 9.88. The van der Waals surface area contributed by atoms with Gasteiger partial charge in [0.15, 0.2) is 0 Å².